The number of alkyl halides is 3. The number of amides is 2. The van der Waals surface area contributed by atoms with Gasteiger partial charge in [0.15, 0.2) is 0 Å². The highest BCUT2D eigenvalue weighted by Gasteiger charge is 2.31. The van der Waals surface area contributed by atoms with Crippen molar-refractivity contribution < 1.29 is 27.5 Å². The number of nitrogens with zero attached hydrogens (tertiary/aromatic N) is 2. The van der Waals surface area contributed by atoms with Crippen molar-refractivity contribution in [3.8, 4) is 16.9 Å². The molecule has 3 aromatic rings. The molecule has 3 N–H and O–H groups in total. The van der Waals surface area contributed by atoms with Crippen molar-refractivity contribution in [1.82, 2.24) is 14.9 Å². The fourth-order valence-electron chi connectivity index (χ4n) is 3.11. The number of nitrogens with one attached hydrogen (secondary N) is 1. The van der Waals surface area contributed by atoms with Gasteiger partial charge in [-0.15, -0.1) is 13.2 Å². The molecule has 2 aromatic carbocycles. The number of carbonyl (C=O) groups excluding carboxylic acids is 2. The molecular weight excluding hydrogens is 401 g/mol. The van der Waals surface area contributed by atoms with E-state index in [2.05, 4.69) is 21.6 Å². The maximum atomic E-state index is 12.4. The largest absolute Gasteiger partial charge is 0.573 e. The van der Waals surface area contributed by atoms with Crippen LogP contribution in [0.4, 0.5) is 13.2 Å². The molecule has 7 nitrogen and oxygen atoms in total. The van der Waals surface area contributed by atoms with E-state index in [9.17, 15) is 22.8 Å². The van der Waals surface area contributed by atoms with Gasteiger partial charge in [0.2, 0.25) is 5.91 Å². The fraction of sp³-hybridized carbons (Fsp3) is 0.150. The summed E-state index contributed by atoms with van der Waals surface area (Å²) in [6.45, 7) is 3.37. The zero-order valence-electron chi connectivity index (χ0n) is 15.8. The first-order valence-corrected chi connectivity index (χ1v) is 8.64. The molecule has 0 spiro atoms. The average molecular weight is 418 g/mol. The number of hydrogen-bond acceptors (Lipinski definition) is 4. The molecule has 0 saturated heterocycles. The van der Waals surface area contributed by atoms with Gasteiger partial charge in [-0.2, -0.15) is 0 Å². The van der Waals surface area contributed by atoms with Gasteiger partial charge >= 0.3 is 6.36 Å². The molecule has 0 fully saturated rings. The lowest BCUT2D eigenvalue weighted by Gasteiger charge is -2.14. The van der Waals surface area contributed by atoms with Crippen molar-refractivity contribution in [2.24, 2.45) is 12.8 Å². The summed E-state index contributed by atoms with van der Waals surface area (Å²) in [4.78, 5) is 28.0. The van der Waals surface area contributed by atoms with Gasteiger partial charge in [-0.25, -0.2) is 4.98 Å². The Hall–Kier alpha value is -3.82. The van der Waals surface area contributed by atoms with Gasteiger partial charge in [0.25, 0.3) is 5.91 Å². The summed E-state index contributed by atoms with van der Waals surface area (Å²) in [6.07, 6.45) is -2.21. The number of nitrogens with two attached hydrogens (primary N) is 1. The molecule has 0 aliphatic carbocycles. The van der Waals surface area contributed by atoms with E-state index in [1.165, 1.54) is 30.6 Å². The SMILES string of the molecule is C=CC(=O)NCc1cc(-c2ccc(OC(F)(F)F)cc2)c2ncn(C)c2c1C(N)=O. The van der Waals surface area contributed by atoms with E-state index in [0.29, 0.717) is 27.7 Å². The molecule has 0 aliphatic rings. The highest BCUT2D eigenvalue weighted by molar-refractivity contribution is 6.09. The number of benzene rings is 2. The molecule has 1 heterocycles. The van der Waals surface area contributed by atoms with Crippen LogP contribution in [-0.4, -0.2) is 27.7 Å². The monoisotopic (exact) mass is 418 g/mol. The Kier molecular flexibility index (Phi) is 5.50. The topological polar surface area (TPSA) is 99.2 Å². The van der Waals surface area contributed by atoms with E-state index in [1.807, 2.05) is 0 Å². The predicted molar refractivity (Wildman–Crippen MR) is 103 cm³/mol. The normalized spacial score (nSPS) is 11.3. The van der Waals surface area contributed by atoms with Gasteiger partial charge in [0.1, 0.15) is 5.75 Å². The molecule has 0 bridgehead atoms. The Bertz CT molecular complexity index is 1130. The molecule has 156 valence electrons. The van der Waals surface area contributed by atoms with Crippen molar-refractivity contribution in [2.75, 3.05) is 0 Å². The molecule has 0 aliphatic heterocycles. The van der Waals surface area contributed by atoms with Gasteiger partial charge < -0.3 is 20.4 Å². The number of hydrogen-bond donors (Lipinski definition) is 2. The van der Waals surface area contributed by atoms with Crippen LogP contribution < -0.4 is 15.8 Å². The Labute approximate surface area is 168 Å². The van der Waals surface area contributed by atoms with E-state index in [4.69, 9.17) is 5.73 Å². The van der Waals surface area contributed by atoms with Crippen molar-refractivity contribution in [3.05, 3.63) is 60.4 Å². The van der Waals surface area contributed by atoms with Crippen molar-refractivity contribution in [1.29, 1.82) is 0 Å². The number of aromatic nitrogens is 2. The number of primary amides is 1. The molecule has 0 radical (unpaired) electrons. The van der Waals surface area contributed by atoms with Crippen LogP contribution in [0.3, 0.4) is 0 Å². The number of carbonyl (C=O) groups is 2. The lowest BCUT2D eigenvalue weighted by atomic mass is 9.96. The summed E-state index contributed by atoms with van der Waals surface area (Å²) >= 11 is 0. The van der Waals surface area contributed by atoms with Gasteiger partial charge in [-0.3, -0.25) is 9.59 Å². The predicted octanol–water partition coefficient (Wildman–Crippen LogP) is 3.04. The first kappa shape index (κ1) is 20.9. The van der Waals surface area contributed by atoms with Gasteiger partial charge in [-0.05, 0) is 35.4 Å². The Morgan fingerprint density at radius 3 is 2.53 bits per heavy atom. The van der Waals surface area contributed by atoms with Crippen LogP contribution in [0.15, 0.2) is 49.3 Å². The number of imidazole rings is 1. The van der Waals surface area contributed by atoms with E-state index >= 15 is 0 Å². The number of ether oxygens (including phenoxy) is 1. The summed E-state index contributed by atoms with van der Waals surface area (Å²) in [5.74, 6) is -1.51. The maximum absolute atomic E-state index is 12.4. The quantitative estimate of drug-likeness (QED) is 0.601. The maximum Gasteiger partial charge on any atom is 0.573 e. The van der Waals surface area contributed by atoms with Crippen molar-refractivity contribution in [3.63, 3.8) is 0 Å². The van der Waals surface area contributed by atoms with Crippen LogP contribution in [0.5, 0.6) is 5.75 Å². The second kappa shape index (κ2) is 7.90. The first-order chi connectivity index (χ1) is 14.1. The zero-order valence-corrected chi connectivity index (χ0v) is 15.8. The van der Waals surface area contributed by atoms with E-state index in [0.717, 1.165) is 6.08 Å². The standard InChI is InChI=1S/C20H17F3N4O3/c1-3-15(28)25-9-12-8-14(11-4-6-13(7-5-11)30-20(21,22)23)17-18(16(12)19(24)29)27(2)10-26-17/h3-8,10H,1,9H2,2H3,(H2,24,29)(H,25,28). The molecule has 2 amide bonds. The summed E-state index contributed by atoms with van der Waals surface area (Å²) in [6, 6.07) is 6.87. The average Bonchev–Trinajstić information content (AvgIpc) is 3.06. The summed E-state index contributed by atoms with van der Waals surface area (Å²) < 4.78 is 42.7. The molecule has 3 rings (SSSR count). The highest BCUT2D eigenvalue weighted by atomic mass is 19.4. The van der Waals surface area contributed by atoms with Crippen LogP contribution in [0.1, 0.15) is 15.9 Å². The van der Waals surface area contributed by atoms with E-state index in [1.54, 1.807) is 17.7 Å². The van der Waals surface area contributed by atoms with Crippen molar-refractivity contribution in [2.45, 2.75) is 12.9 Å². The van der Waals surface area contributed by atoms with Crippen LogP contribution in [0, 0.1) is 0 Å². The summed E-state index contributed by atoms with van der Waals surface area (Å²) in [5.41, 5.74) is 8.18. The zero-order chi connectivity index (χ0) is 22.1. The third kappa shape index (κ3) is 4.27. The Morgan fingerprint density at radius 1 is 1.30 bits per heavy atom. The van der Waals surface area contributed by atoms with Crippen LogP contribution in [0.2, 0.25) is 0 Å². The second-order valence-corrected chi connectivity index (χ2v) is 6.37. The van der Waals surface area contributed by atoms with Gasteiger partial charge in [0, 0.05) is 19.2 Å². The Balaban J connectivity index is 2.15. The molecule has 0 saturated carbocycles. The molecule has 0 unspecified atom stereocenters. The summed E-state index contributed by atoms with van der Waals surface area (Å²) in [7, 11) is 1.68. The smallest absolute Gasteiger partial charge is 0.406 e. The third-order valence-corrected chi connectivity index (χ3v) is 4.35. The van der Waals surface area contributed by atoms with Crippen LogP contribution >= 0.6 is 0 Å². The molecule has 1 aromatic heterocycles. The number of fused-ring (bicyclic) bond motifs is 1. The minimum atomic E-state index is -4.80. The third-order valence-electron chi connectivity index (χ3n) is 4.35. The molecule has 10 heteroatoms. The summed E-state index contributed by atoms with van der Waals surface area (Å²) in [5, 5.41) is 2.59. The molecular formula is C20H17F3N4O3. The lowest BCUT2D eigenvalue weighted by molar-refractivity contribution is -0.274. The van der Waals surface area contributed by atoms with Gasteiger partial charge in [0.05, 0.1) is 22.9 Å². The second-order valence-electron chi connectivity index (χ2n) is 6.37. The van der Waals surface area contributed by atoms with Crippen molar-refractivity contribution >= 4 is 22.8 Å². The lowest BCUT2D eigenvalue weighted by Crippen LogP contribution is -2.23. The highest BCUT2D eigenvalue weighted by Crippen LogP contribution is 2.34. The van der Waals surface area contributed by atoms with E-state index < -0.39 is 18.2 Å². The Morgan fingerprint density at radius 2 is 1.97 bits per heavy atom. The van der Waals surface area contributed by atoms with Crippen LogP contribution in [-0.2, 0) is 18.4 Å². The minimum Gasteiger partial charge on any atom is -0.406 e. The number of halogens is 3. The number of aryl methyl sites for hydroxylation is 1. The molecule has 30 heavy (non-hydrogen) atoms. The van der Waals surface area contributed by atoms with Gasteiger partial charge in [-0.1, -0.05) is 18.7 Å². The fourth-order valence-corrected chi connectivity index (χ4v) is 3.11. The minimum absolute atomic E-state index is 0.00743. The first-order valence-electron chi connectivity index (χ1n) is 8.64. The van der Waals surface area contributed by atoms with Crippen LogP contribution in [0.25, 0.3) is 22.2 Å². The number of rotatable bonds is 6. The van der Waals surface area contributed by atoms with E-state index in [-0.39, 0.29) is 17.9 Å². The molecule has 0 atom stereocenters.